The number of hydrogen-bond acceptors (Lipinski definition) is 2. The van der Waals surface area contributed by atoms with Crippen molar-refractivity contribution in [3.8, 4) is 5.75 Å². The van der Waals surface area contributed by atoms with E-state index >= 15 is 0 Å². The average Bonchev–Trinajstić information content (AvgIpc) is 2.41. The van der Waals surface area contributed by atoms with Gasteiger partial charge in [0.15, 0.2) is 11.6 Å². The van der Waals surface area contributed by atoms with Gasteiger partial charge in [-0.05, 0) is 59.6 Å². The molecular weight excluding hydrogens is 337 g/mol. The lowest BCUT2D eigenvalue weighted by molar-refractivity contribution is 0.102. The molecule has 1 N–H and O–H groups in total. The maximum Gasteiger partial charge on any atom is 0.256 e. The molecule has 0 fully saturated rings. The van der Waals surface area contributed by atoms with Crippen molar-refractivity contribution >= 4 is 27.5 Å². The van der Waals surface area contributed by atoms with Gasteiger partial charge in [0.1, 0.15) is 0 Å². The molecule has 0 unspecified atom stereocenters. The van der Waals surface area contributed by atoms with E-state index in [1.165, 1.54) is 12.1 Å². The van der Waals surface area contributed by atoms with Gasteiger partial charge in [0.25, 0.3) is 5.91 Å². The molecule has 0 atom stereocenters. The topological polar surface area (TPSA) is 38.3 Å². The smallest absolute Gasteiger partial charge is 0.256 e. The molecule has 3 nitrogen and oxygen atoms in total. The molecule has 0 aromatic heterocycles. The van der Waals surface area contributed by atoms with Crippen molar-refractivity contribution in [1.29, 1.82) is 0 Å². The van der Waals surface area contributed by atoms with Gasteiger partial charge in [0, 0.05) is 16.2 Å². The SMILES string of the molecule is CCOc1ccc(NC(=O)c2ccc(C)cc2Br)cc1F. The molecule has 21 heavy (non-hydrogen) atoms. The van der Waals surface area contributed by atoms with Crippen LogP contribution in [0.1, 0.15) is 22.8 Å². The molecule has 5 heteroatoms. The van der Waals surface area contributed by atoms with Crippen molar-refractivity contribution in [1.82, 2.24) is 0 Å². The van der Waals surface area contributed by atoms with Crippen molar-refractivity contribution in [2.75, 3.05) is 11.9 Å². The summed E-state index contributed by atoms with van der Waals surface area (Å²) in [6.45, 7) is 4.11. The molecule has 0 aliphatic carbocycles. The fourth-order valence-corrected chi connectivity index (χ4v) is 2.53. The van der Waals surface area contributed by atoms with Crippen LogP contribution in [0.3, 0.4) is 0 Å². The molecule has 2 aromatic rings. The van der Waals surface area contributed by atoms with Crippen molar-refractivity contribution in [2.24, 2.45) is 0 Å². The number of halogens is 2. The minimum atomic E-state index is -0.502. The minimum Gasteiger partial charge on any atom is -0.491 e. The van der Waals surface area contributed by atoms with Crippen molar-refractivity contribution in [3.63, 3.8) is 0 Å². The van der Waals surface area contributed by atoms with E-state index in [0.29, 0.717) is 22.3 Å². The lowest BCUT2D eigenvalue weighted by atomic mass is 10.1. The van der Waals surface area contributed by atoms with Crippen LogP contribution in [0.4, 0.5) is 10.1 Å². The molecule has 110 valence electrons. The Kier molecular flexibility index (Phi) is 4.96. The zero-order valence-electron chi connectivity index (χ0n) is 11.7. The zero-order chi connectivity index (χ0) is 15.4. The molecule has 0 bridgehead atoms. The van der Waals surface area contributed by atoms with E-state index in [9.17, 15) is 9.18 Å². The maximum absolute atomic E-state index is 13.7. The van der Waals surface area contributed by atoms with E-state index in [1.54, 1.807) is 19.1 Å². The Bertz CT molecular complexity index is 673. The van der Waals surface area contributed by atoms with Crippen LogP contribution in [0.15, 0.2) is 40.9 Å². The lowest BCUT2D eigenvalue weighted by Gasteiger charge is -2.09. The van der Waals surface area contributed by atoms with Gasteiger partial charge in [0.2, 0.25) is 0 Å². The van der Waals surface area contributed by atoms with Crippen molar-refractivity contribution in [3.05, 3.63) is 57.8 Å². The summed E-state index contributed by atoms with van der Waals surface area (Å²) in [6.07, 6.45) is 0. The number of carbonyl (C=O) groups excluding carboxylic acids is 1. The first-order valence-electron chi connectivity index (χ1n) is 6.51. The van der Waals surface area contributed by atoms with E-state index in [2.05, 4.69) is 21.2 Å². The Morgan fingerprint density at radius 3 is 2.67 bits per heavy atom. The minimum absolute atomic E-state index is 0.173. The van der Waals surface area contributed by atoms with Gasteiger partial charge in [-0.1, -0.05) is 6.07 Å². The van der Waals surface area contributed by atoms with Crippen molar-refractivity contribution in [2.45, 2.75) is 13.8 Å². The van der Waals surface area contributed by atoms with E-state index in [0.717, 1.165) is 5.56 Å². The first-order valence-corrected chi connectivity index (χ1v) is 7.30. The fraction of sp³-hybridized carbons (Fsp3) is 0.188. The molecule has 2 rings (SSSR count). The molecule has 0 radical (unpaired) electrons. The number of amides is 1. The number of benzene rings is 2. The summed E-state index contributed by atoms with van der Waals surface area (Å²) < 4.78 is 19.6. The van der Waals surface area contributed by atoms with E-state index in [-0.39, 0.29) is 11.7 Å². The van der Waals surface area contributed by atoms with Gasteiger partial charge in [-0.2, -0.15) is 0 Å². The Labute approximate surface area is 131 Å². The van der Waals surface area contributed by atoms with Gasteiger partial charge >= 0.3 is 0 Å². The maximum atomic E-state index is 13.7. The van der Waals surface area contributed by atoms with Gasteiger partial charge in [0.05, 0.1) is 12.2 Å². The summed E-state index contributed by atoms with van der Waals surface area (Å²) in [4.78, 5) is 12.2. The van der Waals surface area contributed by atoms with E-state index in [4.69, 9.17) is 4.74 Å². The molecule has 2 aromatic carbocycles. The van der Waals surface area contributed by atoms with Crippen LogP contribution in [0.25, 0.3) is 0 Å². The Balaban J connectivity index is 2.17. The fourth-order valence-electron chi connectivity index (χ4n) is 1.85. The Hall–Kier alpha value is -1.88. The van der Waals surface area contributed by atoms with Gasteiger partial charge in [-0.15, -0.1) is 0 Å². The largest absolute Gasteiger partial charge is 0.491 e. The number of aryl methyl sites for hydroxylation is 1. The third-order valence-electron chi connectivity index (χ3n) is 2.86. The Morgan fingerprint density at radius 1 is 1.29 bits per heavy atom. The summed E-state index contributed by atoms with van der Waals surface area (Å²) in [5.74, 6) is -0.630. The first-order chi connectivity index (χ1) is 10.0. The number of carbonyl (C=O) groups is 1. The molecule has 0 aliphatic rings. The standard InChI is InChI=1S/C16H15BrFNO2/c1-3-21-15-7-5-11(9-14(15)18)19-16(20)12-6-4-10(2)8-13(12)17/h4-9H,3H2,1-2H3,(H,19,20). The summed E-state index contributed by atoms with van der Waals surface area (Å²) in [7, 11) is 0. The van der Waals surface area contributed by atoms with Crippen LogP contribution in [0, 0.1) is 12.7 Å². The van der Waals surface area contributed by atoms with E-state index < -0.39 is 5.82 Å². The molecule has 0 aliphatic heterocycles. The Morgan fingerprint density at radius 2 is 2.05 bits per heavy atom. The van der Waals surface area contributed by atoms with Gasteiger partial charge in [-0.25, -0.2) is 4.39 Å². The quantitative estimate of drug-likeness (QED) is 0.877. The first kappa shape index (κ1) is 15.5. The van der Waals surface area contributed by atoms with Crippen LogP contribution in [0.2, 0.25) is 0 Å². The van der Waals surface area contributed by atoms with Crippen LogP contribution < -0.4 is 10.1 Å². The highest BCUT2D eigenvalue weighted by atomic mass is 79.9. The van der Waals surface area contributed by atoms with Crippen molar-refractivity contribution < 1.29 is 13.9 Å². The molecule has 0 saturated carbocycles. The highest BCUT2D eigenvalue weighted by molar-refractivity contribution is 9.10. The summed E-state index contributed by atoms with van der Waals surface area (Å²) in [5.41, 5.74) is 1.92. The third-order valence-corrected chi connectivity index (χ3v) is 3.51. The second-order valence-corrected chi connectivity index (χ2v) is 5.37. The second-order valence-electron chi connectivity index (χ2n) is 4.52. The number of nitrogens with one attached hydrogen (secondary N) is 1. The van der Waals surface area contributed by atoms with Crippen LogP contribution >= 0.6 is 15.9 Å². The molecular formula is C16H15BrFNO2. The summed E-state index contributed by atoms with van der Waals surface area (Å²) >= 11 is 3.35. The summed E-state index contributed by atoms with van der Waals surface area (Å²) in [5, 5.41) is 2.66. The van der Waals surface area contributed by atoms with E-state index in [1.807, 2.05) is 19.1 Å². The predicted molar refractivity (Wildman–Crippen MR) is 84.4 cm³/mol. The lowest BCUT2D eigenvalue weighted by Crippen LogP contribution is -2.13. The second kappa shape index (κ2) is 6.72. The van der Waals surface area contributed by atoms with Gasteiger partial charge in [-0.3, -0.25) is 4.79 Å². The third kappa shape index (κ3) is 3.82. The zero-order valence-corrected chi connectivity index (χ0v) is 13.3. The highest BCUT2D eigenvalue weighted by Crippen LogP contribution is 2.23. The number of anilines is 1. The molecule has 0 spiro atoms. The number of hydrogen-bond donors (Lipinski definition) is 1. The monoisotopic (exact) mass is 351 g/mol. The van der Waals surface area contributed by atoms with Crippen LogP contribution in [0.5, 0.6) is 5.75 Å². The molecule has 0 saturated heterocycles. The summed E-state index contributed by atoms with van der Waals surface area (Å²) in [6, 6.07) is 9.77. The van der Waals surface area contributed by atoms with Crippen LogP contribution in [-0.2, 0) is 0 Å². The normalized spacial score (nSPS) is 10.3. The molecule has 0 heterocycles. The van der Waals surface area contributed by atoms with Crippen LogP contribution in [-0.4, -0.2) is 12.5 Å². The average molecular weight is 352 g/mol. The number of ether oxygens (including phenoxy) is 1. The highest BCUT2D eigenvalue weighted by Gasteiger charge is 2.12. The molecule has 1 amide bonds. The number of rotatable bonds is 4. The predicted octanol–water partition coefficient (Wildman–Crippen LogP) is 4.55. The van der Waals surface area contributed by atoms with Gasteiger partial charge < -0.3 is 10.1 Å².